The van der Waals surface area contributed by atoms with E-state index >= 15 is 0 Å². The summed E-state index contributed by atoms with van der Waals surface area (Å²) in [5, 5.41) is 6.86. The van der Waals surface area contributed by atoms with Crippen LogP contribution in [0.15, 0.2) is 27.9 Å². The number of amides is 2. The zero-order valence-electron chi connectivity index (χ0n) is 11.5. The highest BCUT2D eigenvalue weighted by Gasteiger charge is 2.17. The molecule has 20 heavy (non-hydrogen) atoms. The predicted octanol–water partition coefficient (Wildman–Crippen LogP) is 1.83. The lowest BCUT2D eigenvalue weighted by atomic mass is 10.2. The first-order valence-corrected chi connectivity index (χ1v) is 6.81. The Morgan fingerprint density at radius 3 is 2.80 bits per heavy atom. The third-order valence-corrected chi connectivity index (χ3v) is 3.23. The van der Waals surface area contributed by atoms with Crippen molar-refractivity contribution >= 4 is 17.5 Å². The Hall–Kier alpha value is -2.11. The van der Waals surface area contributed by atoms with Crippen LogP contribution in [0.2, 0.25) is 0 Å². The van der Waals surface area contributed by atoms with E-state index in [1.807, 2.05) is 0 Å². The third-order valence-electron chi connectivity index (χ3n) is 3.23. The maximum atomic E-state index is 11.8. The molecule has 0 spiro atoms. The van der Waals surface area contributed by atoms with Gasteiger partial charge < -0.3 is 9.73 Å². The van der Waals surface area contributed by atoms with E-state index in [0.717, 1.165) is 12.8 Å². The number of hydrazone groups is 1. The van der Waals surface area contributed by atoms with Crippen molar-refractivity contribution in [1.29, 1.82) is 0 Å². The monoisotopic (exact) mass is 277 g/mol. The van der Waals surface area contributed by atoms with Gasteiger partial charge in [0.2, 0.25) is 5.91 Å². The topological polar surface area (TPSA) is 83.7 Å². The molecule has 1 aliphatic rings. The smallest absolute Gasteiger partial charge is 0.307 e. The van der Waals surface area contributed by atoms with Gasteiger partial charge in [-0.15, -0.1) is 0 Å². The van der Waals surface area contributed by atoms with Gasteiger partial charge in [0.05, 0.1) is 12.7 Å². The van der Waals surface area contributed by atoms with Crippen LogP contribution in [0.1, 0.15) is 49.6 Å². The molecule has 1 heterocycles. The van der Waals surface area contributed by atoms with Crippen LogP contribution in [0.25, 0.3) is 0 Å². The highest BCUT2D eigenvalue weighted by molar-refractivity contribution is 6.00. The van der Waals surface area contributed by atoms with Gasteiger partial charge in [0.25, 0.3) is 0 Å². The molecule has 6 nitrogen and oxygen atoms in total. The van der Waals surface area contributed by atoms with Crippen molar-refractivity contribution in [1.82, 2.24) is 10.7 Å². The van der Waals surface area contributed by atoms with Crippen LogP contribution in [-0.4, -0.2) is 23.6 Å². The Morgan fingerprint density at radius 2 is 2.15 bits per heavy atom. The number of carbonyl (C=O) groups excluding carboxylic acids is 2. The molecule has 0 saturated heterocycles. The Labute approximate surface area is 117 Å². The molecule has 0 bridgehead atoms. The summed E-state index contributed by atoms with van der Waals surface area (Å²) in [6, 6.07) is 3.47. The molecule has 0 atom stereocenters. The van der Waals surface area contributed by atoms with E-state index in [9.17, 15) is 9.59 Å². The van der Waals surface area contributed by atoms with E-state index in [-0.39, 0.29) is 18.1 Å². The molecular formula is C14H19N3O3. The summed E-state index contributed by atoms with van der Waals surface area (Å²) in [6.45, 7) is 1.71. The van der Waals surface area contributed by atoms with Gasteiger partial charge >= 0.3 is 5.91 Å². The molecule has 1 aromatic heterocycles. The van der Waals surface area contributed by atoms with Crippen molar-refractivity contribution in [2.45, 2.75) is 45.1 Å². The van der Waals surface area contributed by atoms with Crippen molar-refractivity contribution in [2.24, 2.45) is 5.10 Å². The fourth-order valence-corrected chi connectivity index (χ4v) is 2.23. The minimum absolute atomic E-state index is 0.0506. The van der Waals surface area contributed by atoms with Gasteiger partial charge in [-0.3, -0.25) is 9.59 Å². The number of nitrogens with zero attached hydrogens (tertiary/aromatic N) is 1. The highest BCUT2D eigenvalue weighted by atomic mass is 16.3. The second-order valence-corrected chi connectivity index (χ2v) is 4.99. The molecule has 1 aliphatic carbocycles. The largest absolute Gasteiger partial charge is 0.459 e. The van der Waals surface area contributed by atoms with E-state index in [1.165, 1.54) is 19.1 Å². The van der Waals surface area contributed by atoms with Gasteiger partial charge in [-0.1, -0.05) is 12.8 Å². The fourth-order valence-electron chi connectivity index (χ4n) is 2.23. The minimum atomic E-state index is -0.425. The van der Waals surface area contributed by atoms with Gasteiger partial charge in [0, 0.05) is 11.8 Å². The normalized spacial score (nSPS) is 16.1. The standard InChI is InChI=1S/C14H19N3O3/c1-10(9-13(18)15-11-5-2-3-6-11)16-17-14(19)12-7-4-8-20-12/h4,7-8,11H,2-3,5-6,9H2,1H3,(H,15,18)(H,17,19). The number of furan rings is 1. The molecule has 1 fully saturated rings. The first-order valence-electron chi connectivity index (χ1n) is 6.81. The molecule has 0 unspecified atom stereocenters. The molecule has 6 heteroatoms. The number of nitrogens with one attached hydrogen (secondary N) is 2. The van der Waals surface area contributed by atoms with Crippen LogP contribution >= 0.6 is 0 Å². The minimum Gasteiger partial charge on any atom is -0.459 e. The zero-order chi connectivity index (χ0) is 14.4. The maximum absolute atomic E-state index is 11.8. The highest BCUT2D eigenvalue weighted by Crippen LogP contribution is 2.17. The van der Waals surface area contributed by atoms with Gasteiger partial charge in [0.1, 0.15) is 0 Å². The molecule has 2 N–H and O–H groups in total. The first-order chi connectivity index (χ1) is 9.65. The lowest BCUT2D eigenvalue weighted by Gasteiger charge is -2.11. The number of hydrogen-bond donors (Lipinski definition) is 2. The van der Waals surface area contributed by atoms with E-state index in [4.69, 9.17) is 4.42 Å². The van der Waals surface area contributed by atoms with Crippen LogP contribution < -0.4 is 10.7 Å². The average molecular weight is 277 g/mol. The molecule has 0 aromatic carbocycles. The zero-order valence-corrected chi connectivity index (χ0v) is 11.5. The van der Waals surface area contributed by atoms with Gasteiger partial charge in [-0.2, -0.15) is 5.10 Å². The second-order valence-electron chi connectivity index (χ2n) is 4.99. The van der Waals surface area contributed by atoms with Crippen LogP contribution in [0, 0.1) is 0 Å². The summed E-state index contributed by atoms with van der Waals surface area (Å²) in [6.07, 6.45) is 6.07. The van der Waals surface area contributed by atoms with E-state index in [0.29, 0.717) is 11.8 Å². The average Bonchev–Trinajstić information content (AvgIpc) is 3.08. The molecule has 1 saturated carbocycles. The van der Waals surface area contributed by atoms with Crippen molar-refractivity contribution in [2.75, 3.05) is 0 Å². The number of hydrogen-bond acceptors (Lipinski definition) is 4. The summed E-state index contributed by atoms with van der Waals surface area (Å²) in [5.74, 6) is -0.284. The maximum Gasteiger partial charge on any atom is 0.307 e. The molecule has 2 amide bonds. The van der Waals surface area contributed by atoms with Gasteiger partial charge in [-0.05, 0) is 31.9 Å². The van der Waals surface area contributed by atoms with Crippen LogP contribution in [0.5, 0.6) is 0 Å². The molecule has 0 radical (unpaired) electrons. The Bertz CT molecular complexity index is 488. The predicted molar refractivity (Wildman–Crippen MR) is 74.3 cm³/mol. The Kier molecular flexibility index (Phi) is 4.92. The van der Waals surface area contributed by atoms with Crippen molar-refractivity contribution in [3.8, 4) is 0 Å². The molecular weight excluding hydrogens is 258 g/mol. The Morgan fingerprint density at radius 1 is 1.40 bits per heavy atom. The van der Waals surface area contributed by atoms with Gasteiger partial charge in [-0.25, -0.2) is 5.43 Å². The summed E-state index contributed by atoms with van der Waals surface area (Å²) in [7, 11) is 0. The van der Waals surface area contributed by atoms with Crippen molar-refractivity contribution < 1.29 is 14.0 Å². The third kappa shape index (κ3) is 4.22. The van der Waals surface area contributed by atoms with Crippen LogP contribution in [0.3, 0.4) is 0 Å². The van der Waals surface area contributed by atoms with Gasteiger partial charge in [0.15, 0.2) is 5.76 Å². The van der Waals surface area contributed by atoms with E-state index in [1.54, 1.807) is 19.1 Å². The summed E-state index contributed by atoms with van der Waals surface area (Å²) in [5.41, 5.74) is 2.92. The molecule has 108 valence electrons. The molecule has 0 aliphatic heterocycles. The molecule has 1 aromatic rings. The number of carbonyl (C=O) groups is 2. The summed E-state index contributed by atoms with van der Waals surface area (Å²) >= 11 is 0. The fraction of sp³-hybridized carbons (Fsp3) is 0.500. The summed E-state index contributed by atoms with van der Waals surface area (Å²) < 4.78 is 4.94. The quantitative estimate of drug-likeness (QED) is 0.636. The number of rotatable bonds is 5. The molecule has 2 rings (SSSR count). The SMILES string of the molecule is CC(CC(=O)NC1CCCC1)=NNC(=O)c1ccco1. The van der Waals surface area contributed by atoms with E-state index in [2.05, 4.69) is 15.8 Å². The second kappa shape index (κ2) is 6.88. The lowest BCUT2D eigenvalue weighted by Crippen LogP contribution is -2.33. The van der Waals surface area contributed by atoms with Crippen molar-refractivity contribution in [3.63, 3.8) is 0 Å². The lowest BCUT2D eigenvalue weighted by molar-refractivity contribution is -0.120. The Balaban J connectivity index is 1.75. The van der Waals surface area contributed by atoms with Crippen molar-refractivity contribution in [3.05, 3.63) is 24.2 Å². The van der Waals surface area contributed by atoms with Crippen LogP contribution in [0.4, 0.5) is 0 Å². The first kappa shape index (κ1) is 14.3. The van der Waals surface area contributed by atoms with E-state index < -0.39 is 5.91 Å². The summed E-state index contributed by atoms with van der Waals surface area (Å²) in [4.78, 5) is 23.3. The van der Waals surface area contributed by atoms with Crippen LogP contribution in [-0.2, 0) is 4.79 Å².